The SMILES string of the molecule is CSc1c(Oc2cccc(-c3ncn[nH]3)c2)c(F)cc2c1ccn2S(=O)(=O)c1ccc(C)cc1. The Labute approximate surface area is 199 Å². The number of hydrogen-bond acceptors (Lipinski definition) is 6. The number of nitrogens with one attached hydrogen (secondary N) is 1. The molecule has 0 aliphatic heterocycles. The first-order chi connectivity index (χ1) is 16.4. The van der Waals surface area contributed by atoms with E-state index < -0.39 is 15.8 Å². The lowest BCUT2D eigenvalue weighted by molar-refractivity contribution is 0.433. The van der Waals surface area contributed by atoms with E-state index in [1.807, 2.05) is 13.0 Å². The predicted octanol–water partition coefficient (Wildman–Crippen LogP) is 5.63. The fourth-order valence-electron chi connectivity index (χ4n) is 3.68. The molecule has 1 N–H and O–H groups in total. The van der Waals surface area contributed by atoms with E-state index >= 15 is 4.39 Å². The summed E-state index contributed by atoms with van der Waals surface area (Å²) in [6.07, 6.45) is 4.63. The highest BCUT2D eigenvalue weighted by atomic mass is 32.2. The maximum atomic E-state index is 15.4. The first-order valence-corrected chi connectivity index (χ1v) is 12.9. The molecule has 0 fully saturated rings. The van der Waals surface area contributed by atoms with Gasteiger partial charge < -0.3 is 4.74 Å². The number of aromatic amines is 1. The highest BCUT2D eigenvalue weighted by molar-refractivity contribution is 7.99. The van der Waals surface area contributed by atoms with Crippen molar-refractivity contribution in [3.05, 3.63) is 84.6 Å². The molecule has 5 rings (SSSR count). The molecule has 0 unspecified atom stereocenters. The molecule has 0 aliphatic carbocycles. The Kier molecular flexibility index (Phi) is 5.62. The number of hydrogen-bond donors (Lipinski definition) is 1. The first kappa shape index (κ1) is 22.2. The predicted molar refractivity (Wildman–Crippen MR) is 129 cm³/mol. The largest absolute Gasteiger partial charge is 0.453 e. The lowest BCUT2D eigenvalue weighted by atomic mass is 10.2. The fourth-order valence-corrected chi connectivity index (χ4v) is 5.73. The van der Waals surface area contributed by atoms with E-state index in [1.54, 1.807) is 54.8 Å². The smallest absolute Gasteiger partial charge is 0.268 e. The fraction of sp³-hybridized carbons (Fsp3) is 0.0833. The minimum absolute atomic E-state index is 0.0280. The number of H-pyrrole nitrogens is 1. The van der Waals surface area contributed by atoms with Crippen molar-refractivity contribution in [3.8, 4) is 22.9 Å². The van der Waals surface area contributed by atoms with Crippen molar-refractivity contribution in [3.63, 3.8) is 0 Å². The summed E-state index contributed by atoms with van der Waals surface area (Å²) in [6, 6.07) is 16.4. The average Bonchev–Trinajstić information content (AvgIpc) is 3.51. The minimum Gasteiger partial charge on any atom is -0.453 e. The molecule has 7 nitrogen and oxygen atoms in total. The van der Waals surface area contributed by atoms with Crippen molar-refractivity contribution in [2.45, 2.75) is 16.7 Å². The molecule has 2 aromatic heterocycles. The van der Waals surface area contributed by atoms with Gasteiger partial charge in [-0.25, -0.2) is 21.8 Å². The van der Waals surface area contributed by atoms with Crippen LogP contribution in [-0.4, -0.2) is 33.8 Å². The molecule has 3 aromatic carbocycles. The first-order valence-electron chi connectivity index (χ1n) is 10.2. The summed E-state index contributed by atoms with van der Waals surface area (Å²) in [5, 5.41) is 7.20. The normalized spacial score (nSPS) is 11.7. The molecular weight excluding hydrogens is 475 g/mol. The summed E-state index contributed by atoms with van der Waals surface area (Å²) < 4.78 is 48.9. The summed E-state index contributed by atoms with van der Waals surface area (Å²) in [6.45, 7) is 1.88. The number of fused-ring (bicyclic) bond motifs is 1. The van der Waals surface area contributed by atoms with E-state index in [-0.39, 0.29) is 16.2 Å². The van der Waals surface area contributed by atoms with Crippen molar-refractivity contribution >= 4 is 32.7 Å². The van der Waals surface area contributed by atoms with Crippen molar-refractivity contribution in [1.29, 1.82) is 0 Å². The zero-order valence-electron chi connectivity index (χ0n) is 18.2. The number of aromatic nitrogens is 4. The monoisotopic (exact) mass is 494 g/mol. The van der Waals surface area contributed by atoms with E-state index in [0.717, 1.165) is 15.1 Å². The molecule has 0 amide bonds. The average molecular weight is 495 g/mol. The van der Waals surface area contributed by atoms with Crippen LogP contribution in [0.2, 0.25) is 0 Å². The molecule has 0 bridgehead atoms. The van der Waals surface area contributed by atoms with Gasteiger partial charge in [0.1, 0.15) is 12.1 Å². The third kappa shape index (κ3) is 3.84. The van der Waals surface area contributed by atoms with E-state index in [2.05, 4.69) is 15.2 Å². The Bertz CT molecular complexity index is 1600. The van der Waals surface area contributed by atoms with E-state index in [9.17, 15) is 8.42 Å². The Morgan fingerprint density at radius 1 is 1.09 bits per heavy atom. The van der Waals surface area contributed by atoms with Crippen LogP contribution in [0.3, 0.4) is 0 Å². The van der Waals surface area contributed by atoms with Gasteiger partial charge in [0.15, 0.2) is 17.4 Å². The maximum absolute atomic E-state index is 15.4. The molecule has 0 atom stereocenters. The number of halogens is 1. The highest BCUT2D eigenvalue weighted by Crippen LogP contribution is 2.41. The molecule has 0 aliphatic rings. The molecule has 0 radical (unpaired) electrons. The zero-order chi connectivity index (χ0) is 23.9. The number of benzene rings is 3. The topological polar surface area (TPSA) is 89.9 Å². The Morgan fingerprint density at radius 2 is 1.88 bits per heavy atom. The third-order valence-electron chi connectivity index (χ3n) is 5.35. The van der Waals surface area contributed by atoms with Crippen LogP contribution in [0, 0.1) is 12.7 Å². The second kappa shape index (κ2) is 8.62. The molecule has 172 valence electrons. The van der Waals surface area contributed by atoms with Gasteiger partial charge in [-0.15, -0.1) is 11.8 Å². The van der Waals surface area contributed by atoms with Crippen LogP contribution in [0.4, 0.5) is 4.39 Å². The number of nitrogens with zero attached hydrogens (tertiary/aromatic N) is 3. The maximum Gasteiger partial charge on any atom is 0.268 e. The van der Waals surface area contributed by atoms with Crippen LogP contribution in [0.5, 0.6) is 11.5 Å². The van der Waals surface area contributed by atoms with E-state index in [4.69, 9.17) is 4.74 Å². The van der Waals surface area contributed by atoms with E-state index in [1.165, 1.54) is 30.4 Å². The van der Waals surface area contributed by atoms with Gasteiger partial charge in [-0.3, -0.25) is 5.10 Å². The summed E-state index contributed by atoms with van der Waals surface area (Å²) in [5.74, 6) is 0.334. The lowest BCUT2D eigenvalue weighted by Crippen LogP contribution is -2.12. The number of thioether (sulfide) groups is 1. The molecule has 0 saturated carbocycles. The quantitative estimate of drug-likeness (QED) is 0.308. The highest BCUT2D eigenvalue weighted by Gasteiger charge is 2.24. The summed E-state index contributed by atoms with van der Waals surface area (Å²) >= 11 is 1.28. The van der Waals surface area contributed by atoms with Crippen LogP contribution >= 0.6 is 11.8 Å². The van der Waals surface area contributed by atoms with Crippen LogP contribution < -0.4 is 4.74 Å². The van der Waals surface area contributed by atoms with Gasteiger partial charge in [0.2, 0.25) is 0 Å². The lowest BCUT2D eigenvalue weighted by Gasteiger charge is -2.14. The second-order valence-corrected chi connectivity index (χ2v) is 10.2. The van der Waals surface area contributed by atoms with Crippen molar-refractivity contribution in [1.82, 2.24) is 19.2 Å². The van der Waals surface area contributed by atoms with Crippen LogP contribution in [0.15, 0.2) is 83.0 Å². The van der Waals surface area contributed by atoms with Gasteiger partial charge in [-0.2, -0.15) is 5.10 Å². The van der Waals surface area contributed by atoms with Gasteiger partial charge in [0, 0.05) is 23.2 Å². The molecule has 0 spiro atoms. The van der Waals surface area contributed by atoms with Gasteiger partial charge in [0.05, 0.1) is 15.3 Å². The van der Waals surface area contributed by atoms with Crippen molar-refractivity contribution in [2.24, 2.45) is 0 Å². The second-order valence-electron chi connectivity index (χ2n) is 7.55. The van der Waals surface area contributed by atoms with Crippen molar-refractivity contribution in [2.75, 3.05) is 6.26 Å². The molecule has 5 aromatic rings. The molecule has 0 saturated heterocycles. The Hall–Kier alpha value is -3.63. The minimum atomic E-state index is -3.90. The van der Waals surface area contributed by atoms with Gasteiger partial charge >= 0.3 is 0 Å². The van der Waals surface area contributed by atoms with Gasteiger partial charge in [-0.05, 0) is 43.5 Å². The van der Waals surface area contributed by atoms with Gasteiger partial charge in [0.25, 0.3) is 10.0 Å². The zero-order valence-corrected chi connectivity index (χ0v) is 19.8. The standard InChI is InChI=1S/C24H19FN4O3S2/c1-15-6-8-18(9-7-15)34(30,31)29-11-10-19-21(29)13-20(25)22(23(19)33-2)32-17-5-3-4-16(12-17)24-26-14-27-28-24/h3-14H,1-2H3,(H,26,27,28). The van der Waals surface area contributed by atoms with Crippen LogP contribution in [-0.2, 0) is 10.0 Å². The Balaban J connectivity index is 1.59. The van der Waals surface area contributed by atoms with Crippen LogP contribution in [0.25, 0.3) is 22.3 Å². The molecule has 2 heterocycles. The van der Waals surface area contributed by atoms with Crippen LogP contribution in [0.1, 0.15) is 5.56 Å². The van der Waals surface area contributed by atoms with E-state index in [0.29, 0.717) is 21.9 Å². The Morgan fingerprint density at radius 3 is 2.59 bits per heavy atom. The number of ether oxygens (including phenoxy) is 1. The molecule has 10 heteroatoms. The molecular formula is C24H19FN4O3S2. The third-order valence-corrected chi connectivity index (χ3v) is 7.86. The summed E-state index contributed by atoms with van der Waals surface area (Å²) in [5.41, 5.74) is 1.92. The number of rotatable bonds is 6. The molecule has 34 heavy (non-hydrogen) atoms. The summed E-state index contributed by atoms with van der Waals surface area (Å²) in [7, 11) is -3.90. The van der Waals surface area contributed by atoms with Crippen molar-refractivity contribution < 1.29 is 17.5 Å². The van der Waals surface area contributed by atoms with Gasteiger partial charge in [-0.1, -0.05) is 29.8 Å². The number of aryl methyl sites for hydroxylation is 1. The summed E-state index contributed by atoms with van der Waals surface area (Å²) in [4.78, 5) is 4.75.